The molecule has 0 bridgehead atoms. The Morgan fingerprint density at radius 1 is 1.36 bits per heavy atom. The van der Waals surface area contributed by atoms with Crippen LogP contribution < -0.4 is 0 Å². The average molecular weight is 184 g/mol. The smallest absolute Gasteiger partial charge is 0.0693 e. The van der Waals surface area contributed by atoms with E-state index in [0.717, 1.165) is 0 Å². The predicted molar refractivity (Wildman–Crippen MR) is 50.8 cm³/mol. The highest BCUT2D eigenvalue weighted by atomic mass is 32.2. The highest BCUT2D eigenvalue weighted by molar-refractivity contribution is 7.20. The second-order valence-corrected chi connectivity index (χ2v) is 4.11. The van der Waals surface area contributed by atoms with E-state index < -0.39 is 0 Å². The van der Waals surface area contributed by atoms with E-state index in [-0.39, 0.29) is 0 Å². The predicted octanol–water partition coefficient (Wildman–Crippen LogP) is 3.05. The van der Waals surface area contributed by atoms with Crippen LogP contribution in [0.2, 0.25) is 0 Å². The van der Waals surface area contributed by atoms with Gasteiger partial charge in [0.05, 0.1) is 10.2 Å². The van der Waals surface area contributed by atoms with Gasteiger partial charge in [0.2, 0.25) is 0 Å². The van der Waals surface area contributed by atoms with Crippen LogP contribution in [0.5, 0.6) is 0 Å². The van der Waals surface area contributed by atoms with Crippen molar-refractivity contribution >= 4 is 33.5 Å². The molecule has 2 nitrogen and oxygen atoms in total. The van der Waals surface area contributed by atoms with E-state index >= 15 is 0 Å². The number of aromatic nitrogens is 2. The molecule has 0 saturated heterocycles. The van der Waals surface area contributed by atoms with Gasteiger partial charge in [-0.05, 0) is 36.2 Å². The third-order valence-electron chi connectivity index (χ3n) is 1.49. The summed E-state index contributed by atoms with van der Waals surface area (Å²) in [7, 11) is 0. The first kappa shape index (κ1) is 6.94. The minimum Gasteiger partial charge on any atom is -0.295 e. The van der Waals surface area contributed by atoms with Crippen LogP contribution in [0, 0.1) is 6.92 Å². The van der Waals surface area contributed by atoms with Gasteiger partial charge in [-0.25, -0.2) is 0 Å². The van der Waals surface area contributed by atoms with Gasteiger partial charge in [-0.15, -0.1) is 0 Å². The summed E-state index contributed by atoms with van der Waals surface area (Å²) in [6, 6.07) is 6.39. The summed E-state index contributed by atoms with van der Waals surface area (Å²) in [5, 5.41) is 0. The molecule has 0 aliphatic carbocycles. The van der Waals surface area contributed by atoms with E-state index in [2.05, 4.69) is 33.3 Å². The third kappa shape index (κ3) is 1.32. The first-order valence-corrected chi connectivity index (χ1v) is 4.94. The Hall–Kier alpha value is -0.740. The second kappa shape index (κ2) is 2.71. The van der Waals surface area contributed by atoms with Gasteiger partial charge >= 0.3 is 0 Å². The van der Waals surface area contributed by atoms with E-state index in [4.69, 9.17) is 0 Å². The summed E-state index contributed by atoms with van der Waals surface area (Å²) in [5.41, 5.74) is 2.50. The Morgan fingerprint density at radius 3 is 3.18 bits per heavy atom. The van der Waals surface area contributed by atoms with E-state index in [1.807, 2.05) is 0 Å². The molecule has 2 rings (SSSR count). The quantitative estimate of drug-likeness (QED) is 0.630. The van der Waals surface area contributed by atoms with Crippen LogP contribution in [0.1, 0.15) is 5.56 Å². The molecule has 1 aromatic carbocycles. The largest absolute Gasteiger partial charge is 0.295 e. The maximum absolute atomic E-state index is 3.19. The Labute approximate surface area is 72.6 Å². The molecule has 58 valence electrons. The normalized spacial score (nSPS) is 10.3. The Morgan fingerprint density at radius 2 is 2.27 bits per heavy atom. The zero-order valence-corrected chi connectivity index (χ0v) is 7.68. The molecular formula is C7H8N2S2. The molecule has 11 heavy (non-hydrogen) atoms. The summed E-state index contributed by atoms with van der Waals surface area (Å²) in [6.45, 7) is 2.10. The standard InChI is InChI=1S/C7H8N2S2/c1-5-2-3-7-6(4-5)8-11-9-10-7/h2-4,8-9H,1H3. The number of rotatable bonds is 0. The van der Waals surface area contributed by atoms with Gasteiger partial charge < -0.3 is 0 Å². The fraction of sp³-hybridized carbons (Fsp3) is 0.143. The molecule has 1 aromatic heterocycles. The summed E-state index contributed by atoms with van der Waals surface area (Å²) in [4.78, 5) is 0. The molecule has 1 heterocycles. The molecule has 0 unspecified atom stereocenters. The number of nitrogens with one attached hydrogen (secondary N) is 2. The number of aromatic amines is 2. The number of hydrogen-bond acceptors (Lipinski definition) is 2. The SMILES string of the molecule is Cc1ccc2s[nH]s[nH]c2c1. The van der Waals surface area contributed by atoms with E-state index in [9.17, 15) is 0 Å². The van der Waals surface area contributed by atoms with Crippen molar-refractivity contribution < 1.29 is 0 Å². The number of benzene rings is 1. The Kier molecular flexibility index (Phi) is 1.71. The van der Waals surface area contributed by atoms with Crippen LogP contribution in [0.15, 0.2) is 18.2 Å². The van der Waals surface area contributed by atoms with Crippen molar-refractivity contribution in [3.8, 4) is 0 Å². The molecule has 0 atom stereocenters. The summed E-state index contributed by atoms with van der Waals surface area (Å²) < 4.78 is 7.53. The lowest BCUT2D eigenvalue weighted by molar-refractivity contribution is 1.48. The van der Waals surface area contributed by atoms with Crippen molar-refractivity contribution in [1.82, 2.24) is 8.14 Å². The monoisotopic (exact) mass is 184 g/mol. The van der Waals surface area contributed by atoms with Gasteiger partial charge in [0.15, 0.2) is 0 Å². The first-order valence-electron chi connectivity index (χ1n) is 3.30. The minimum absolute atomic E-state index is 1.21. The molecule has 0 spiro atoms. The Balaban J connectivity index is 2.83. The average Bonchev–Trinajstić information content (AvgIpc) is 2.04. The van der Waals surface area contributed by atoms with Crippen LogP contribution in [0.3, 0.4) is 0 Å². The minimum atomic E-state index is 1.21. The van der Waals surface area contributed by atoms with Crippen molar-refractivity contribution in [2.45, 2.75) is 6.92 Å². The maximum atomic E-state index is 3.19. The summed E-state index contributed by atoms with van der Waals surface area (Å²) in [6.07, 6.45) is 0. The number of H-pyrrole nitrogens is 2. The molecule has 0 aliphatic heterocycles. The van der Waals surface area contributed by atoms with Gasteiger partial charge in [0.25, 0.3) is 0 Å². The van der Waals surface area contributed by atoms with Gasteiger partial charge in [-0.2, -0.15) is 0 Å². The zero-order valence-electron chi connectivity index (χ0n) is 6.05. The lowest BCUT2D eigenvalue weighted by Gasteiger charge is -1.96. The van der Waals surface area contributed by atoms with Crippen LogP contribution in [-0.2, 0) is 0 Å². The number of aryl methyl sites for hydroxylation is 1. The van der Waals surface area contributed by atoms with Crippen molar-refractivity contribution in [2.75, 3.05) is 0 Å². The summed E-state index contributed by atoms with van der Waals surface area (Å²) in [5.74, 6) is 0. The van der Waals surface area contributed by atoms with Crippen LogP contribution in [-0.4, -0.2) is 8.14 Å². The van der Waals surface area contributed by atoms with Gasteiger partial charge in [0, 0.05) is 11.7 Å². The van der Waals surface area contributed by atoms with Crippen molar-refractivity contribution in [1.29, 1.82) is 0 Å². The highest BCUT2D eigenvalue weighted by Crippen LogP contribution is 2.16. The first-order chi connectivity index (χ1) is 5.36. The molecule has 0 aliphatic rings. The second-order valence-electron chi connectivity index (χ2n) is 2.39. The number of hydrogen-bond donors (Lipinski definition) is 2. The highest BCUT2D eigenvalue weighted by Gasteiger charge is 1.91. The maximum Gasteiger partial charge on any atom is 0.0693 e. The van der Waals surface area contributed by atoms with Gasteiger partial charge in [-0.1, -0.05) is 6.07 Å². The molecule has 0 fully saturated rings. The molecule has 2 aromatic rings. The van der Waals surface area contributed by atoms with Crippen LogP contribution in [0.25, 0.3) is 10.2 Å². The lowest BCUT2D eigenvalue weighted by Crippen LogP contribution is -1.75. The van der Waals surface area contributed by atoms with Gasteiger partial charge in [0.1, 0.15) is 0 Å². The van der Waals surface area contributed by atoms with Gasteiger partial charge in [-0.3, -0.25) is 8.14 Å². The van der Waals surface area contributed by atoms with Crippen LogP contribution in [0.4, 0.5) is 0 Å². The topological polar surface area (TPSA) is 31.6 Å². The van der Waals surface area contributed by atoms with E-state index in [1.54, 1.807) is 11.5 Å². The lowest BCUT2D eigenvalue weighted by atomic mass is 10.2. The van der Waals surface area contributed by atoms with E-state index in [1.165, 1.54) is 27.5 Å². The zero-order chi connectivity index (χ0) is 7.68. The van der Waals surface area contributed by atoms with Crippen molar-refractivity contribution in [2.24, 2.45) is 0 Å². The molecule has 2 N–H and O–H groups in total. The fourth-order valence-electron chi connectivity index (χ4n) is 0.954. The van der Waals surface area contributed by atoms with Crippen molar-refractivity contribution in [3.63, 3.8) is 0 Å². The van der Waals surface area contributed by atoms with Crippen molar-refractivity contribution in [3.05, 3.63) is 23.8 Å². The third-order valence-corrected chi connectivity index (χ3v) is 3.05. The van der Waals surface area contributed by atoms with Crippen LogP contribution >= 0.6 is 23.3 Å². The molecule has 0 amide bonds. The van der Waals surface area contributed by atoms with E-state index in [0.29, 0.717) is 0 Å². The molecular weight excluding hydrogens is 176 g/mol. The molecule has 0 radical (unpaired) electrons. The molecule has 0 saturated carbocycles. The fourth-order valence-corrected chi connectivity index (χ4v) is 2.35. The molecule has 4 heteroatoms. The summed E-state index contributed by atoms with van der Waals surface area (Å²) >= 11 is 3.16. The Bertz CT molecular complexity index is 389. The number of fused-ring (bicyclic) bond motifs is 1.